The molecule has 0 unspecified atom stereocenters. The van der Waals surface area contributed by atoms with Gasteiger partial charge >= 0.3 is 0 Å². The Morgan fingerprint density at radius 2 is 2.14 bits per heavy atom. The molecule has 1 aliphatic carbocycles. The molecule has 2 rings (SSSR count). The fraction of sp³-hybridized carbons (Fsp3) is 0.500. The van der Waals surface area contributed by atoms with Gasteiger partial charge in [-0.15, -0.1) is 0 Å². The first-order valence-corrected chi connectivity index (χ1v) is 7.09. The number of nitro benzene ring substituents is 1. The Kier molecular flexibility index (Phi) is 5.10. The highest BCUT2D eigenvalue weighted by atomic mass is 16.6. The third-order valence-corrected chi connectivity index (χ3v) is 3.36. The summed E-state index contributed by atoms with van der Waals surface area (Å²) < 4.78 is 0. The minimum atomic E-state index is -0.475. The van der Waals surface area contributed by atoms with Gasteiger partial charge < -0.3 is 16.0 Å². The highest BCUT2D eigenvalue weighted by Gasteiger charge is 2.20. The van der Waals surface area contributed by atoms with Gasteiger partial charge in [0.2, 0.25) is 0 Å². The van der Waals surface area contributed by atoms with E-state index in [0.717, 1.165) is 13.0 Å². The molecule has 1 aromatic rings. The number of nitrogens with one attached hydrogen (secondary N) is 3. The first-order chi connectivity index (χ1) is 10.1. The van der Waals surface area contributed by atoms with Gasteiger partial charge in [0, 0.05) is 31.3 Å². The van der Waals surface area contributed by atoms with E-state index in [-0.39, 0.29) is 17.2 Å². The molecule has 0 bridgehead atoms. The second kappa shape index (κ2) is 7.03. The fourth-order valence-corrected chi connectivity index (χ4v) is 2.02. The number of hydrogen-bond donors (Lipinski definition) is 3. The van der Waals surface area contributed by atoms with Gasteiger partial charge in [-0.25, -0.2) is 0 Å². The molecule has 1 saturated carbocycles. The van der Waals surface area contributed by atoms with Crippen LogP contribution in [0.1, 0.15) is 29.6 Å². The van der Waals surface area contributed by atoms with Gasteiger partial charge in [0.05, 0.1) is 4.92 Å². The topological polar surface area (TPSA) is 96.3 Å². The third-order valence-electron chi connectivity index (χ3n) is 3.36. The van der Waals surface area contributed by atoms with Crippen LogP contribution in [0.3, 0.4) is 0 Å². The van der Waals surface area contributed by atoms with Gasteiger partial charge in [-0.05, 0) is 37.9 Å². The van der Waals surface area contributed by atoms with E-state index in [0.29, 0.717) is 18.3 Å². The van der Waals surface area contributed by atoms with Crippen LogP contribution in [-0.4, -0.2) is 37.0 Å². The lowest BCUT2D eigenvalue weighted by molar-refractivity contribution is -0.384. The van der Waals surface area contributed by atoms with Gasteiger partial charge in [-0.2, -0.15) is 0 Å². The summed E-state index contributed by atoms with van der Waals surface area (Å²) in [5.74, 6) is -0.335. The number of anilines is 1. The predicted molar refractivity (Wildman–Crippen MR) is 80.6 cm³/mol. The minimum absolute atomic E-state index is 0.0775. The summed E-state index contributed by atoms with van der Waals surface area (Å²) in [6, 6.07) is 5.13. The normalized spacial score (nSPS) is 13.8. The van der Waals surface area contributed by atoms with Crippen molar-refractivity contribution in [2.45, 2.75) is 25.3 Å². The molecule has 1 amide bonds. The molecule has 1 aliphatic rings. The van der Waals surface area contributed by atoms with Crippen LogP contribution >= 0.6 is 0 Å². The van der Waals surface area contributed by atoms with E-state index in [1.165, 1.54) is 26.0 Å². The van der Waals surface area contributed by atoms with E-state index in [1.54, 1.807) is 12.1 Å². The van der Waals surface area contributed by atoms with Gasteiger partial charge in [0.15, 0.2) is 0 Å². The minimum Gasteiger partial charge on any atom is -0.379 e. The molecule has 0 saturated heterocycles. The molecule has 21 heavy (non-hydrogen) atoms. The highest BCUT2D eigenvalue weighted by molar-refractivity contribution is 5.95. The van der Waals surface area contributed by atoms with Gasteiger partial charge in [0.25, 0.3) is 11.6 Å². The Labute approximate surface area is 123 Å². The number of rotatable bonds is 8. The maximum Gasteiger partial charge on any atom is 0.293 e. The number of carbonyl (C=O) groups excluding carboxylic acids is 1. The molecule has 0 heterocycles. The van der Waals surface area contributed by atoms with Crippen molar-refractivity contribution in [3.8, 4) is 0 Å². The smallest absolute Gasteiger partial charge is 0.293 e. The lowest BCUT2D eigenvalue weighted by atomic mass is 10.1. The van der Waals surface area contributed by atoms with Crippen LogP contribution in [-0.2, 0) is 0 Å². The second-order valence-electron chi connectivity index (χ2n) is 5.08. The van der Waals surface area contributed by atoms with Crippen LogP contribution < -0.4 is 16.0 Å². The average molecular weight is 292 g/mol. The Morgan fingerprint density at radius 3 is 2.76 bits per heavy atom. The maximum atomic E-state index is 11.5. The van der Waals surface area contributed by atoms with Crippen molar-refractivity contribution in [2.75, 3.05) is 25.5 Å². The first-order valence-electron chi connectivity index (χ1n) is 7.09. The van der Waals surface area contributed by atoms with Crippen molar-refractivity contribution in [1.29, 1.82) is 0 Å². The van der Waals surface area contributed by atoms with Crippen molar-refractivity contribution in [3.05, 3.63) is 33.9 Å². The third kappa shape index (κ3) is 4.42. The zero-order valence-electron chi connectivity index (χ0n) is 12.0. The van der Waals surface area contributed by atoms with E-state index in [2.05, 4.69) is 16.0 Å². The molecular weight excluding hydrogens is 272 g/mol. The summed E-state index contributed by atoms with van der Waals surface area (Å²) in [7, 11) is 1.49. The number of carbonyl (C=O) groups is 1. The molecule has 3 N–H and O–H groups in total. The zero-order chi connectivity index (χ0) is 15.2. The van der Waals surface area contributed by atoms with Gasteiger partial charge in [-0.1, -0.05) is 0 Å². The number of nitro groups is 1. The maximum absolute atomic E-state index is 11.5. The van der Waals surface area contributed by atoms with Crippen LogP contribution in [0.15, 0.2) is 18.2 Å². The molecule has 0 aromatic heterocycles. The monoisotopic (exact) mass is 292 g/mol. The van der Waals surface area contributed by atoms with Crippen LogP contribution in [0.4, 0.5) is 11.4 Å². The SMILES string of the molecule is CNC(=O)c1ccc(NCCCNC2CC2)c([N+](=O)[O-])c1. The largest absolute Gasteiger partial charge is 0.379 e. The predicted octanol–water partition coefficient (Wildman–Crippen LogP) is 1.51. The molecule has 1 aromatic carbocycles. The molecule has 7 heteroatoms. The molecule has 0 aliphatic heterocycles. The molecule has 1 fully saturated rings. The second-order valence-corrected chi connectivity index (χ2v) is 5.08. The van der Waals surface area contributed by atoms with Crippen molar-refractivity contribution in [1.82, 2.24) is 10.6 Å². The van der Waals surface area contributed by atoms with E-state index in [4.69, 9.17) is 0 Å². The lowest BCUT2D eigenvalue weighted by Crippen LogP contribution is -2.20. The van der Waals surface area contributed by atoms with Gasteiger partial charge in [-0.3, -0.25) is 14.9 Å². The lowest BCUT2D eigenvalue weighted by Gasteiger charge is -2.09. The molecule has 0 atom stereocenters. The van der Waals surface area contributed by atoms with E-state index >= 15 is 0 Å². The van der Waals surface area contributed by atoms with Crippen LogP contribution in [0, 0.1) is 10.1 Å². The summed E-state index contributed by atoms with van der Waals surface area (Å²) in [6.45, 7) is 1.56. The Balaban J connectivity index is 1.93. The Bertz CT molecular complexity index is 529. The standard InChI is InChI=1S/C14H20N4O3/c1-15-14(19)10-3-6-12(13(9-10)18(20)21)17-8-2-7-16-11-4-5-11/h3,6,9,11,16-17H,2,4-5,7-8H2,1H3,(H,15,19). The summed E-state index contributed by atoms with van der Waals surface area (Å²) in [4.78, 5) is 22.1. The van der Waals surface area contributed by atoms with Crippen LogP contribution in [0.25, 0.3) is 0 Å². The number of benzene rings is 1. The van der Waals surface area contributed by atoms with Crippen LogP contribution in [0.5, 0.6) is 0 Å². The summed E-state index contributed by atoms with van der Waals surface area (Å²) >= 11 is 0. The number of nitrogens with zero attached hydrogens (tertiary/aromatic N) is 1. The molecule has 0 spiro atoms. The number of amides is 1. The van der Waals surface area contributed by atoms with E-state index in [9.17, 15) is 14.9 Å². The molecule has 114 valence electrons. The first kappa shape index (κ1) is 15.2. The van der Waals surface area contributed by atoms with Crippen molar-refractivity contribution >= 4 is 17.3 Å². The summed E-state index contributed by atoms with van der Waals surface area (Å²) in [5.41, 5.74) is 0.649. The number of hydrogen-bond acceptors (Lipinski definition) is 5. The molecule has 7 nitrogen and oxygen atoms in total. The van der Waals surface area contributed by atoms with Gasteiger partial charge in [0.1, 0.15) is 5.69 Å². The summed E-state index contributed by atoms with van der Waals surface area (Å²) in [6.07, 6.45) is 3.39. The van der Waals surface area contributed by atoms with E-state index < -0.39 is 4.92 Å². The Hall–Kier alpha value is -2.15. The van der Waals surface area contributed by atoms with Crippen LogP contribution in [0.2, 0.25) is 0 Å². The van der Waals surface area contributed by atoms with Crippen molar-refractivity contribution < 1.29 is 9.72 Å². The molecule has 0 radical (unpaired) electrons. The van der Waals surface area contributed by atoms with E-state index in [1.807, 2.05) is 0 Å². The molecular formula is C14H20N4O3. The fourth-order valence-electron chi connectivity index (χ4n) is 2.02. The summed E-state index contributed by atoms with van der Waals surface area (Å²) in [5, 5.41) is 20.0. The van der Waals surface area contributed by atoms with Crippen molar-refractivity contribution in [3.63, 3.8) is 0 Å². The zero-order valence-corrected chi connectivity index (χ0v) is 12.0. The van der Waals surface area contributed by atoms with Crippen molar-refractivity contribution in [2.24, 2.45) is 0 Å². The Morgan fingerprint density at radius 1 is 1.38 bits per heavy atom. The average Bonchev–Trinajstić information content (AvgIpc) is 3.30. The quantitative estimate of drug-likeness (QED) is 0.383. The highest BCUT2D eigenvalue weighted by Crippen LogP contribution is 2.25.